The van der Waals surface area contributed by atoms with Gasteiger partial charge < -0.3 is 14.6 Å². The molecule has 1 fully saturated rings. The molecule has 1 aliphatic rings. The number of esters is 1. The van der Waals surface area contributed by atoms with E-state index in [1.807, 2.05) is 54.7 Å². The minimum Gasteiger partial charge on any atom is -0.469 e. The summed E-state index contributed by atoms with van der Waals surface area (Å²) in [4.78, 5) is 24.7. The van der Waals surface area contributed by atoms with Gasteiger partial charge in [-0.2, -0.15) is 0 Å². The molecule has 0 saturated heterocycles. The molecule has 0 radical (unpaired) electrons. The highest BCUT2D eigenvalue weighted by Crippen LogP contribution is 2.28. The Morgan fingerprint density at radius 1 is 1.06 bits per heavy atom. The second kappa shape index (κ2) is 9.56. The quantitative estimate of drug-likeness (QED) is 0.538. The highest BCUT2D eigenvalue weighted by atomic mass is 35.5. The Kier molecular flexibility index (Phi) is 6.62. The van der Waals surface area contributed by atoms with Crippen LogP contribution in [0.4, 0.5) is 0 Å². The molecule has 0 bridgehead atoms. The first-order chi connectivity index (χ1) is 15.0. The van der Waals surface area contributed by atoms with Crippen LogP contribution in [-0.2, 0) is 16.1 Å². The van der Waals surface area contributed by atoms with Gasteiger partial charge in [-0.15, -0.1) is 0 Å². The number of nitrogens with one attached hydrogen (secondary N) is 1. The predicted octanol–water partition coefficient (Wildman–Crippen LogP) is 5.19. The van der Waals surface area contributed by atoms with Crippen molar-refractivity contribution in [3.8, 4) is 0 Å². The summed E-state index contributed by atoms with van der Waals surface area (Å²) in [5, 5.41) is 4.97. The lowest BCUT2D eigenvalue weighted by atomic mass is 9.84. The van der Waals surface area contributed by atoms with Gasteiger partial charge in [-0.3, -0.25) is 9.59 Å². The zero-order chi connectivity index (χ0) is 21.8. The van der Waals surface area contributed by atoms with Crippen LogP contribution in [0, 0.1) is 5.92 Å². The van der Waals surface area contributed by atoms with E-state index >= 15 is 0 Å². The maximum Gasteiger partial charge on any atom is 0.305 e. The molecule has 0 aliphatic heterocycles. The smallest absolute Gasteiger partial charge is 0.305 e. The zero-order valence-corrected chi connectivity index (χ0v) is 18.4. The number of fused-ring (bicyclic) bond motifs is 1. The lowest BCUT2D eigenvalue weighted by molar-refractivity contribution is -0.142. The molecule has 1 amide bonds. The van der Waals surface area contributed by atoms with Crippen molar-refractivity contribution in [2.45, 2.75) is 44.7 Å². The van der Waals surface area contributed by atoms with Crippen LogP contribution in [0.3, 0.4) is 0 Å². The van der Waals surface area contributed by atoms with E-state index in [0.717, 1.165) is 42.1 Å². The summed E-state index contributed by atoms with van der Waals surface area (Å²) in [6.07, 6.45) is 6.11. The van der Waals surface area contributed by atoms with Gasteiger partial charge in [0.1, 0.15) is 0 Å². The number of halogens is 1. The summed E-state index contributed by atoms with van der Waals surface area (Å²) in [6, 6.07) is 15.8. The molecule has 1 heterocycles. The number of nitrogens with zero attached hydrogens (tertiary/aromatic N) is 1. The highest BCUT2D eigenvalue weighted by molar-refractivity contribution is 6.30. The molecule has 5 nitrogen and oxygen atoms in total. The number of aromatic nitrogens is 1. The molecular weight excluding hydrogens is 412 g/mol. The molecule has 1 N–H and O–H groups in total. The van der Waals surface area contributed by atoms with E-state index in [2.05, 4.69) is 9.88 Å². The van der Waals surface area contributed by atoms with Gasteiger partial charge in [0.25, 0.3) is 5.91 Å². The molecular formula is C25H27ClN2O3. The molecule has 31 heavy (non-hydrogen) atoms. The van der Waals surface area contributed by atoms with Crippen molar-refractivity contribution >= 4 is 34.4 Å². The molecule has 2 aromatic carbocycles. The van der Waals surface area contributed by atoms with Crippen molar-refractivity contribution in [2.24, 2.45) is 5.92 Å². The van der Waals surface area contributed by atoms with E-state index in [1.54, 1.807) is 0 Å². The highest BCUT2D eigenvalue weighted by Gasteiger charge is 2.25. The number of carbonyl (C=O) groups is 2. The predicted molar refractivity (Wildman–Crippen MR) is 122 cm³/mol. The fourth-order valence-corrected chi connectivity index (χ4v) is 4.58. The molecule has 162 valence electrons. The molecule has 6 heteroatoms. The first kappa shape index (κ1) is 21.4. The van der Waals surface area contributed by atoms with Gasteiger partial charge in [0.05, 0.1) is 18.2 Å². The lowest BCUT2D eigenvalue weighted by Gasteiger charge is -2.28. The minimum atomic E-state index is -0.152. The van der Waals surface area contributed by atoms with Crippen molar-refractivity contribution in [1.29, 1.82) is 0 Å². The van der Waals surface area contributed by atoms with Crippen LogP contribution < -0.4 is 5.32 Å². The van der Waals surface area contributed by atoms with Gasteiger partial charge in [0.2, 0.25) is 0 Å². The molecule has 4 rings (SSSR count). The van der Waals surface area contributed by atoms with Crippen LogP contribution in [0.5, 0.6) is 0 Å². The molecule has 1 saturated carbocycles. The average Bonchev–Trinajstić information content (AvgIpc) is 3.19. The van der Waals surface area contributed by atoms with E-state index in [9.17, 15) is 9.59 Å². The van der Waals surface area contributed by atoms with Crippen molar-refractivity contribution in [1.82, 2.24) is 9.88 Å². The van der Waals surface area contributed by atoms with Gasteiger partial charge in [0, 0.05) is 35.6 Å². The number of carbonyl (C=O) groups excluding carboxylic acids is 2. The zero-order valence-electron chi connectivity index (χ0n) is 17.6. The molecule has 0 spiro atoms. The van der Waals surface area contributed by atoms with Crippen molar-refractivity contribution in [2.75, 3.05) is 7.11 Å². The van der Waals surface area contributed by atoms with Gasteiger partial charge in [-0.25, -0.2) is 0 Å². The van der Waals surface area contributed by atoms with E-state index in [1.165, 1.54) is 7.11 Å². The lowest BCUT2D eigenvalue weighted by Crippen LogP contribution is -2.38. The second-order valence-electron chi connectivity index (χ2n) is 8.28. The van der Waals surface area contributed by atoms with Crippen LogP contribution in [0.2, 0.25) is 5.02 Å². The maximum absolute atomic E-state index is 13.2. The largest absolute Gasteiger partial charge is 0.469 e. The molecule has 0 atom stereocenters. The van der Waals surface area contributed by atoms with Crippen LogP contribution >= 0.6 is 11.6 Å². The number of hydrogen-bond acceptors (Lipinski definition) is 3. The third-order valence-electron chi connectivity index (χ3n) is 6.16. The molecule has 3 aromatic rings. The summed E-state index contributed by atoms with van der Waals surface area (Å²) in [6.45, 7) is 0.670. The Morgan fingerprint density at radius 3 is 2.52 bits per heavy atom. The first-order valence-corrected chi connectivity index (χ1v) is 11.1. The fraction of sp³-hybridized carbons (Fsp3) is 0.360. The number of methoxy groups -OCH3 is 1. The topological polar surface area (TPSA) is 60.3 Å². The molecule has 1 aliphatic carbocycles. The van der Waals surface area contributed by atoms with Crippen molar-refractivity contribution in [3.63, 3.8) is 0 Å². The third kappa shape index (κ3) is 5.10. The van der Waals surface area contributed by atoms with Crippen LogP contribution in [0.1, 0.15) is 48.0 Å². The summed E-state index contributed by atoms with van der Waals surface area (Å²) < 4.78 is 6.89. The average molecular weight is 439 g/mol. The van der Waals surface area contributed by atoms with Gasteiger partial charge in [0.15, 0.2) is 0 Å². The number of benzene rings is 2. The number of para-hydroxylation sites is 1. The summed E-state index contributed by atoms with van der Waals surface area (Å²) >= 11 is 6.01. The maximum atomic E-state index is 13.2. The molecule has 1 aromatic heterocycles. The van der Waals surface area contributed by atoms with Crippen molar-refractivity contribution < 1.29 is 14.3 Å². The van der Waals surface area contributed by atoms with Crippen molar-refractivity contribution in [3.05, 3.63) is 70.9 Å². The number of amides is 1. The first-order valence-electron chi connectivity index (χ1n) is 10.7. The number of hydrogen-bond donors (Lipinski definition) is 1. The van der Waals surface area contributed by atoms with Gasteiger partial charge >= 0.3 is 5.97 Å². The van der Waals surface area contributed by atoms with E-state index < -0.39 is 0 Å². The summed E-state index contributed by atoms with van der Waals surface area (Å²) in [5.41, 5.74) is 2.75. The van der Waals surface area contributed by atoms with E-state index in [-0.39, 0.29) is 17.9 Å². The Hall–Kier alpha value is -2.79. The Morgan fingerprint density at radius 2 is 1.81 bits per heavy atom. The minimum absolute atomic E-state index is 0.0434. The number of rotatable bonds is 6. The third-order valence-corrected chi connectivity index (χ3v) is 6.42. The Bertz CT molecular complexity index is 1070. The standard InChI is InChI=1S/C25H27ClN2O3/c1-31-23(29)15-17-7-11-21(12-8-17)27-25(30)22-4-2-3-19-13-14-28(24(19)22)16-18-5-9-20(26)10-6-18/h2-6,9-10,13-14,17,21H,7-8,11-12,15-16H2,1H3,(H,27,30)/t17-,21-. The summed E-state index contributed by atoms with van der Waals surface area (Å²) in [5.74, 6) is 0.152. The van der Waals surface area contributed by atoms with Crippen LogP contribution in [0.25, 0.3) is 10.9 Å². The van der Waals surface area contributed by atoms with Crippen LogP contribution in [0.15, 0.2) is 54.7 Å². The van der Waals surface area contributed by atoms with Crippen LogP contribution in [-0.4, -0.2) is 29.6 Å². The fourth-order valence-electron chi connectivity index (χ4n) is 4.46. The Labute approximate surface area is 187 Å². The normalized spacial score (nSPS) is 18.6. The van der Waals surface area contributed by atoms with E-state index in [0.29, 0.717) is 29.5 Å². The SMILES string of the molecule is COC(=O)C[C@H]1CC[C@H](NC(=O)c2cccc3ccn(Cc4ccc(Cl)cc4)c23)CC1. The van der Waals surface area contributed by atoms with Gasteiger partial charge in [-0.05, 0) is 61.4 Å². The monoisotopic (exact) mass is 438 g/mol. The number of ether oxygens (including phenoxy) is 1. The summed E-state index contributed by atoms with van der Waals surface area (Å²) in [7, 11) is 1.43. The van der Waals surface area contributed by atoms with Gasteiger partial charge in [-0.1, -0.05) is 35.9 Å². The van der Waals surface area contributed by atoms with E-state index in [4.69, 9.17) is 16.3 Å². The molecule has 0 unspecified atom stereocenters. The Balaban J connectivity index is 1.46. The second-order valence-corrected chi connectivity index (χ2v) is 8.72.